The summed E-state index contributed by atoms with van der Waals surface area (Å²) in [5, 5.41) is 8.83. The van der Waals surface area contributed by atoms with E-state index in [4.69, 9.17) is 5.26 Å². The van der Waals surface area contributed by atoms with Gasteiger partial charge in [-0.25, -0.2) is 0 Å². The van der Waals surface area contributed by atoms with E-state index in [0.29, 0.717) is 0 Å². The van der Waals surface area contributed by atoms with Gasteiger partial charge in [0.15, 0.2) is 0 Å². The highest BCUT2D eigenvalue weighted by molar-refractivity contribution is 5.68. The number of nitrogens with zero attached hydrogens (tertiary/aromatic N) is 2. The molecule has 0 bridgehead atoms. The zero-order valence-electron chi connectivity index (χ0n) is 10.2. The van der Waals surface area contributed by atoms with Crippen molar-refractivity contribution in [1.82, 2.24) is 0 Å². The Bertz CT molecular complexity index is 526. The highest BCUT2D eigenvalue weighted by Gasteiger charge is 2.10. The topological polar surface area (TPSA) is 27.0 Å². The zero-order chi connectivity index (χ0) is 12.8. The van der Waals surface area contributed by atoms with Gasteiger partial charge < -0.3 is 4.90 Å². The van der Waals surface area contributed by atoms with Gasteiger partial charge in [0.2, 0.25) is 0 Å². The summed E-state index contributed by atoms with van der Waals surface area (Å²) < 4.78 is 0. The largest absolute Gasteiger partial charge is 0.314 e. The van der Waals surface area contributed by atoms with Crippen molar-refractivity contribution in [3.63, 3.8) is 0 Å². The number of rotatable bonds is 3. The van der Waals surface area contributed by atoms with E-state index >= 15 is 0 Å². The van der Waals surface area contributed by atoms with Gasteiger partial charge >= 0.3 is 0 Å². The number of allylic oxidation sites excluding steroid dienone is 2. The van der Waals surface area contributed by atoms with Gasteiger partial charge in [-0.1, -0.05) is 36.4 Å². The number of benzene rings is 2. The molecule has 0 aliphatic heterocycles. The average Bonchev–Trinajstić information content (AvgIpc) is 2.42. The molecule has 0 heterocycles. The molecule has 2 nitrogen and oxygen atoms in total. The molecule has 0 fully saturated rings. The maximum atomic E-state index is 8.83. The smallest absolute Gasteiger partial charge is 0.0930 e. The number of anilines is 2. The quantitative estimate of drug-likeness (QED) is 0.742. The fourth-order valence-corrected chi connectivity index (χ4v) is 1.87. The summed E-state index contributed by atoms with van der Waals surface area (Å²) in [7, 11) is 0. The molecule has 0 unspecified atom stereocenters. The van der Waals surface area contributed by atoms with Gasteiger partial charge in [-0.15, -0.1) is 0 Å². The third kappa shape index (κ3) is 2.58. The van der Waals surface area contributed by atoms with Crippen molar-refractivity contribution in [3.05, 3.63) is 72.4 Å². The van der Waals surface area contributed by atoms with Gasteiger partial charge in [0.05, 0.1) is 6.07 Å². The second-order valence-electron chi connectivity index (χ2n) is 3.92. The van der Waals surface area contributed by atoms with Crippen LogP contribution in [-0.2, 0) is 0 Å². The molecule has 2 heteroatoms. The van der Waals surface area contributed by atoms with Gasteiger partial charge in [-0.05, 0) is 31.2 Å². The SMILES string of the molecule is CC(=CC#N)N(c1ccccc1)c1ccccc1. The molecule has 2 aromatic carbocycles. The van der Waals surface area contributed by atoms with Crippen molar-refractivity contribution in [3.8, 4) is 6.07 Å². The lowest BCUT2D eigenvalue weighted by Crippen LogP contribution is -2.13. The number of para-hydroxylation sites is 2. The van der Waals surface area contributed by atoms with Gasteiger partial charge in [0.25, 0.3) is 0 Å². The van der Waals surface area contributed by atoms with E-state index in [1.54, 1.807) is 6.08 Å². The van der Waals surface area contributed by atoms with Crippen LogP contribution >= 0.6 is 0 Å². The number of hydrogen-bond acceptors (Lipinski definition) is 2. The molecular formula is C16H14N2. The van der Waals surface area contributed by atoms with Gasteiger partial charge in [0, 0.05) is 23.1 Å². The van der Waals surface area contributed by atoms with Gasteiger partial charge in [-0.3, -0.25) is 0 Å². The molecule has 0 amide bonds. The Morgan fingerprint density at radius 2 is 1.39 bits per heavy atom. The summed E-state index contributed by atoms with van der Waals surface area (Å²) in [6.07, 6.45) is 1.56. The monoisotopic (exact) mass is 234 g/mol. The second kappa shape index (κ2) is 5.70. The summed E-state index contributed by atoms with van der Waals surface area (Å²) in [4.78, 5) is 2.06. The van der Waals surface area contributed by atoms with Crippen LogP contribution in [0.25, 0.3) is 0 Å². The minimum atomic E-state index is 0.898. The van der Waals surface area contributed by atoms with E-state index in [9.17, 15) is 0 Å². The summed E-state index contributed by atoms with van der Waals surface area (Å²) in [5.41, 5.74) is 3.00. The molecule has 0 saturated carbocycles. The Kier molecular flexibility index (Phi) is 3.78. The highest BCUT2D eigenvalue weighted by atomic mass is 15.1. The third-order valence-electron chi connectivity index (χ3n) is 2.65. The molecule has 0 aliphatic carbocycles. The molecule has 0 atom stereocenters. The van der Waals surface area contributed by atoms with E-state index in [1.165, 1.54) is 0 Å². The van der Waals surface area contributed by atoms with E-state index in [2.05, 4.69) is 11.0 Å². The molecule has 0 radical (unpaired) electrons. The molecule has 0 aliphatic rings. The molecule has 2 rings (SSSR count). The predicted molar refractivity (Wildman–Crippen MR) is 74.4 cm³/mol. The molecule has 18 heavy (non-hydrogen) atoms. The van der Waals surface area contributed by atoms with Crippen molar-refractivity contribution < 1.29 is 0 Å². The van der Waals surface area contributed by atoms with Crippen LogP contribution in [0, 0.1) is 11.3 Å². The first-order chi connectivity index (χ1) is 8.83. The van der Waals surface area contributed by atoms with Crippen molar-refractivity contribution in [1.29, 1.82) is 5.26 Å². The Morgan fingerprint density at radius 3 is 1.78 bits per heavy atom. The van der Waals surface area contributed by atoms with Gasteiger partial charge in [0.1, 0.15) is 0 Å². The number of nitriles is 1. The Morgan fingerprint density at radius 1 is 0.944 bits per heavy atom. The molecular weight excluding hydrogens is 220 g/mol. The van der Waals surface area contributed by atoms with Crippen LogP contribution in [0.3, 0.4) is 0 Å². The second-order valence-corrected chi connectivity index (χ2v) is 3.92. The lowest BCUT2D eigenvalue weighted by Gasteiger charge is -2.25. The van der Waals surface area contributed by atoms with Crippen LogP contribution in [0.1, 0.15) is 6.92 Å². The molecule has 0 N–H and O–H groups in total. The van der Waals surface area contributed by atoms with Crippen molar-refractivity contribution in [2.24, 2.45) is 0 Å². The third-order valence-corrected chi connectivity index (χ3v) is 2.65. The fourth-order valence-electron chi connectivity index (χ4n) is 1.87. The Hall–Kier alpha value is -2.53. The summed E-state index contributed by atoms with van der Waals surface area (Å²) in [5.74, 6) is 0. The molecule has 0 spiro atoms. The lowest BCUT2D eigenvalue weighted by atomic mass is 10.2. The summed E-state index contributed by atoms with van der Waals surface area (Å²) >= 11 is 0. The van der Waals surface area contributed by atoms with Crippen molar-refractivity contribution >= 4 is 11.4 Å². The normalized spacial score (nSPS) is 10.8. The molecule has 0 saturated heterocycles. The molecule has 2 aromatic rings. The zero-order valence-corrected chi connectivity index (χ0v) is 10.2. The molecule has 88 valence electrons. The minimum Gasteiger partial charge on any atom is -0.314 e. The minimum absolute atomic E-state index is 0.898. The van der Waals surface area contributed by atoms with Crippen molar-refractivity contribution in [2.45, 2.75) is 6.92 Å². The van der Waals surface area contributed by atoms with Crippen LogP contribution in [0.2, 0.25) is 0 Å². The highest BCUT2D eigenvalue weighted by Crippen LogP contribution is 2.28. The van der Waals surface area contributed by atoms with Crippen LogP contribution < -0.4 is 4.90 Å². The standard InChI is InChI=1S/C16H14N2/c1-14(12-13-17)18(15-8-4-2-5-9-15)16-10-6-3-7-11-16/h2-12H,1H3. The maximum Gasteiger partial charge on any atom is 0.0930 e. The van der Waals surface area contributed by atoms with E-state index in [0.717, 1.165) is 17.1 Å². The van der Waals surface area contributed by atoms with E-state index in [-0.39, 0.29) is 0 Å². The Balaban J connectivity index is 2.49. The van der Waals surface area contributed by atoms with Crippen LogP contribution in [0.5, 0.6) is 0 Å². The van der Waals surface area contributed by atoms with Crippen LogP contribution in [0.4, 0.5) is 11.4 Å². The summed E-state index contributed by atoms with van der Waals surface area (Å²) in [6, 6.07) is 22.1. The maximum absolute atomic E-state index is 8.83. The number of hydrogen-bond donors (Lipinski definition) is 0. The first-order valence-corrected chi connectivity index (χ1v) is 5.79. The van der Waals surface area contributed by atoms with E-state index < -0.39 is 0 Å². The van der Waals surface area contributed by atoms with Crippen LogP contribution in [0.15, 0.2) is 72.4 Å². The fraction of sp³-hybridized carbons (Fsp3) is 0.0625. The summed E-state index contributed by atoms with van der Waals surface area (Å²) in [6.45, 7) is 1.93. The van der Waals surface area contributed by atoms with Gasteiger partial charge in [-0.2, -0.15) is 5.26 Å². The Labute approximate surface area is 107 Å². The average molecular weight is 234 g/mol. The first-order valence-electron chi connectivity index (χ1n) is 5.79. The van der Waals surface area contributed by atoms with Crippen LogP contribution in [-0.4, -0.2) is 0 Å². The van der Waals surface area contributed by atoms with E-state index in [1.807, 2.05) is 67.6 Å². The predicted octanol–water partition coefficient (Wildman–Crippen LogP) is 4.25. The first kappa shape index (κ1) is 11.9. The molecule has 0 aromatic heterocycles. The van der Waals surface area contributed by atoms with Crippen molar-refractivity contribution in [2.75, 3.05) is 4.90 Å². The lowest BCUT2D eigenvalue weighted by molar-refractivity contribution is 1.16.